The molecule has 0 heterocycles. The van der Waals surface area contributed by atoms with Gasteiger partial charge in [-0.15, -0.1) is 0 Å². The lowest BCUT2D eigenvalue weighted by molar-refractivity contribution is -0.117. The number of carbonyl (C=O) groups excluding carboxylic acids is 1. The number of nitrogens with one attached hydrogen (secondary N) is 1. The van der Waals surface area contributed by atoms with E-state index >= 15 is 0 Å². The fourth-order valence-corrected chi connectivity index (χ4v) is 1.94. The minimum Gasteiger partial charge on any atom is -0.496 e. The van der Waals surface area contributed by atoms with Crippen LogP contribution in [0.25, 0.3) is 6.08 Å². The lowest BCUT2D eigenvalue weighted by Gasteiger charge is -2.12. The number of ether oxygens (including phenoxy) is 3. The average molecular weight is 318 g/mol. The zero-order valence-electron chi connectivity index (χ0n) is 13.9. The van der Waals surface area contributed by atoms with E-state index in [0.29, 0.717) is 29.4 Å². The number of rotatable bonds is 8. The standard InChI is InChI=1S/C17H22N2O4/c1-5-6-7-19-17(20)13(11-18)8-12-9-15(22-3)16(23-4)10-14(12)21-2/h8-10H,5-7H2,1-4H3,(H,19,20)/b13-8+. The van der Waals surface area contributed by atoms with Crippen LogP contribution in [0.4, 0.5) is 0 Å². The Balaban J connectivity index is 3.16. The van der Waals surface area contributed by atoms with E-state index in [1.54, 1.807) is 12.1 Å². The summed E-state index contributed by atoms with van der Waals surface area (Å²) in [6.45, 7) is 2.57. The highest BCUT2D eigenvalue weighted by molar-refractivity contribution is 6.02. The van der Waals surface area contributed by atoms with E-state index in [2.05, 4.69) is 5.32 Å². The van der Waals surface area contributed by atoms with Crippen LogP contribution in [0.2, 0.25) is 0 Å². The van der Waals surface area contributed by atoms with Crippen LogP contribution >= 0.6 is 0 Å². The zero-order valence-corrected chi connectivity index (χ0v) is 13.9. The highest BCUT2D eigenvalue weighted by atomic mass is 16.5. The van der Waals surface area contributed by atoms with Crippen molar-refractivity contribution >= 4 is 12.0 Å². The molecule has 0 aliphatic carbocycles. The van der Waals surface area contributed by atoms with Crippen LogP contribution in [0, 0.1) is 11.3 Å². The summed E-state index contributed by atoms with van der Waals surface area (Å²) in [4.78, 5) is 12.0. The smallest absolute Gasteiger partial charge is 0.261 e. The Hall–Kier alpha value is -2.68. The molecular weight excluding hydrogens is 296 g/mol. The van der Waals surface area contributed by atoms with Gasteiger partial charge in [-0.05, 0) is 18.6 Å². The second kappa shape index (κ2) is 9.36. The molecule has 1 amide bonds. The number of amides is 1. The Bertz CT molecular complexity index is 618. The van der Waals surface area contributed by atoms with Crippen molar-refractivity contribution in [2.45, 2.75) is 19.8 Å². The van der Waals surface area contributed by atoms with Crippen molar-refractivity contribution in [1.82, 2.24) is 5.32 Å². The summed E-state index contributed by atoms with van der Waals surface area (Å²) in [6, 6.07) is 5.22. The molecule has 0 fully saturated rings. The first-order valence-electron chi connectivity index (χ1n) is 7.31. The third kappa shape index (κ3) is 4.92. The van der Waals surface area contributed by atoms with E-state index in [1.165, 1.54) is 27.4 Å². The number of unbranched alkanes of at least 4 members (excludes halogenated alkanes) is 1. The number of nitrogens with zero attached hydrogens (tertiary/aromatic N) is 1. The zero-order chi connectivity index (χ0) is 17.2. The molecule has 0 aromatic heterocycles. The van der Waals surface area contributed by atoms with Gasteiger partial charge in [-0.1, -0.05) is 13.3 Å². The first-order valence-corrected chi connectivity index (χ1v) is 7.31. The van der Waals surface area contributed by atoms with E-state index in [4.69, 9.17) is 14.2 Å². The van der Waals surface area contributed by atoms with E-state index in [-0.39, 0.29) is 5.57 Å². The topological polar surface area (TPSA) is 80.6 Å². The molecule has 0 atom stereocenters. The summed E-state index contributed by atoms with van der Waals surface area (Å²) in [7, 11) is 4.54. The van der Waals surface area contributed by atoms with Crippen LogP contribution in [-0.2, 0) is 4.79 Å². The van der Waals surface area contributed by atoms with E-state index < -0.39 is 5.91 Å². The van der Waals surface area contributed by atoms with Gasteiger partial charge in [0.1, 0.15) is 17.4 Å². The van der Waals surface area contributed by atoms with Gasteiger partial charge in [-0.3, -0.25) is 4.79 Å². The second-order valence-corrected chi connectivity index (χ2v) is 4.73. The van der Waals surface area contributed by atoms with Crippen molar-refractivity contribution in [2.75, 3.05) is 27.9 Å². The van der Waals surface area contributed by atoms with Crippen molar-refractivity contribution in [3.05, 3.63) is 23.3 Å². The summed E-state index contributed by atoms with van der Waals surface area (Å²) >= 11 is 0. The number of hydrogen-bond donors (Lipinski definition) is 1. The van der Waals surface area contributed by atoms with Gasteiger partial charge in [0.25, 0.3) is 5.91 Å². The molecule has 1 aromatic rings. The second-order valence-electron chi connectivity index (χ2n) is 4.73. The van der Waals surface area contributed by atoms with Gasteiger partial charge in [0.2, 0.25) is 0 Å². The quantitative estimate of drug-likeness (QED) is 0.452. The molecule has 1 rings (SSSR count). The van der Waals surface area contributed by atoms with Crippen LogP contribution in [0.1, 0.15) is 25.3 Å². The normalized spacial score (nSPS) is 10.7. The number of nitriles is 1. The van der Waals surface area contributed by atoms with E-state index in [0.717, 1.165) is 12.8 Å². The van der Waals surface area contributed by atoms with Crippen LogP contribution in [-0.4, -0.2) is 33.8 Å². The summed E-state index contributed by atoms with van der Waals surface area (Å²) < 4.78 is 15.7. The molecule has 1 N–H and O–H groups in total. The molecule has 1 aromatic carbocycles. The van der Waals surface area contributed by atoms with Crippen LogP contribution in [0.3, 0.4) is 0 Å². The average Bonchev–Trinajstić information content (AvgIpc) is 2.58. The molecule has 23 heavy (non-hydrogen) atoms. The first kappa shape index (κ1) is 18.4. The SMILES string of the molecule is CCCCNC(=O)/C(C#N)=C/c1cc(OC)c(OC)cc1OC. The van der Waals surface area contributed by atoms with Crippen molar-refractivity contribution in [3.63, 3.8) is 0 Å². The molecule has 0 saturated heterocycles. The van der Waals surface area contributed by atoms with Crippen molar-refractivity contribution in [1.29, 1.82) is 5.26 Å². The molecule has 0 saturated carbocycles. The van der Waals surface area contributed by atoms with E-state index in [1.807, 2.05) is 13.0 Å². The maximum atomic E-state index is 12.0. The predicted octanol–water partition coefficient (Wildman–Crippen LogP) is 2.54. The number of benzene rings is 1. The highest BCUT2D eigenvalue weighted by Crippen LogP contribution is 2.35. The Kier molecular flexibility index (Phi) is 7.48. The molecule has 0 radical (unpaired) electrons. The van der Waals surface area contributed by atoms with Gasteiger partial charge in [0.15, 0.2) is 11.5 Å². The highest BCUT2D eigenvalue weighted by Gasteiger charge is 2.14. The van der Waals surface area contributed by atoms with Gasteiger partial charge in [0, 0.05) is 18.2 Å². The van der Waals surface area contributed by atoms with Crippen molar-refractivity contribution in [3.8, 4) is 23.3 Å². The first-order chi connectivity index (χ1) is 11.1. The summed E-state index contributed by atoms with van der Waals surface area (Å²) in [5.74, 6) is 1.07. The van der Waals surface area contributed by atoms with Crippen molar-refractivity contribution in [2.24, 2.45) is 0 Å². The molecule has 0 bridgehead atoms. The lowest BCUT2D eigenvalue weighted by atomic mass is 10.1. The van der Waals surface area contributed by atoms with Crippen LogP contribution in [0.15, 0.2) is 17.7 Å². The van der Waals surface area contributed by atoms with Gasteiger partial charge in [-0.25, -0.2) is 0 Å². The minimum absolute atomic E-state index is 0.00613. The van der Waals surface area contributed by atoms with Gasteiger partial charge in [-0.2, -0.15) is 5.26 Å². The maximum Gasteiger partial charge on any atom is 0.261 e. The molecular formula is C17H22N2O4. The molecule has 6 nitrogen and oxygen atoms in total. The monoisotopic (exact) mass is 318 g/mol. The predicted molar refractivity (Wildman–Crippen MR) is 87.6 cm³/mol. The molecule has 6 heteroatoms. The fraction of sp³-hybridized carbons (Fsp3) is 0.412. The Morgan fingerprint density at radius 3 is 2.30 bits per heavy atom. The number of carbonyl (C=O) groups is 1. The number of hydrogen-bond acceptors (Lipinski definition) is 5. The molecule has 0 spiro atoms. The van der Waals surface area contributed by atoms with Crippen molar-refractivity contribution < 1.29 is 19.0 Å². The van der Waals surface area contributed by atoms with Gasteiger partial charge in [0.05, 0.1) is 21.3 Å². The Morgan fingerprint density at radius 2 is 1.78 bits per heavy atom. The Labute approximate surface area is 136 Å². The summed E-state index contributed by atoms with van der Waals surface area (Å²) in [5.41, 5.74) is 0.568. The van der Waals surface area contributed by atoms with Crippen LogP contribution in [0.5, 0.6) is 17.2 Å². The molecule has 0 aliphatic heterocycles. The summed E-state index contributed by atoms with van der Waals surface area (Å²) in [5, 5.41) is 11.9. The van der Waals surface area contributed by atoms with Crippen LogP contribution < -0.4 is 19.5 Å². The van der Waals surface area contributed by atoms with Gasteiger partial charge >= 0.3 is 0 Å². The minimum atomic E-state index is -0.405. The maximum absolute atomic E-state index is 12.0. The molecule has 0 unspecified atom stereocenters. The fourth-order valence-electron chi connectivity index (χ4n) is 1.94. The third-order valence-electron chi connectivity index (χ3n) is 3.22. The third-order valence-corrected chi connectivity index (χ3v) is 3.22. The largest absolute Gasteiger partial charge is 0.496 e. The van der Waals surface area contributed by atoms with Gasteiger partial charge < -0.3 is 19.5 Å². The summed E-state index contributed by atoms with van der Waals surface area (Å²) in [6.07, 6.45) is 3.31. The molecule has 124 valence electrons. The Morgan fingerprint density at radius 1 is 1.17 bits per heavy atom. The lowest BCUT2D eigenvalue weighted by Crippen LogP contribution is -2.25. The number of methoxy groups -OCH3 is 3. The molecule has 0 aliphatic rings. The van der Waals surface area contributed by atoms with E-state index in [9.17, 15) is 10.1 Å².